The van der Waals surface area contributed by atoms with Gasteiger partial charge in [-0.3, -0.25) is 4.98 Å². The van der Waals surface area contributed by atoms with Gasteiger partial charge in [-0.25, -0.2) is 8.42 Å². The van der Waals surface area contributed by atoms with Gasteiger partial charge in [0.2, 0.25) is 10.0 Å². The highest BCUT2D eigenvalue weighted by atomic mass is 32.2. The monoisotopic (exact) mass is 241 g/mol. The summed E-state index contributed by atoms with van der Waals surface area (Å²) in [5.74, 6) is 0. The molecule has 2 heterocycles. The molecule has 1 aromatic rings. The molecule has 0 bridgehead atoms. The van der Waals surface area contributed by atoms with Gasteiger partial charge in [0.25, 0.3) is 0 Å². The number of aromatic nitrogens is 1. The maximum Gasteiger partial charge on any atom is 0.211 e. The summed E-state index contributed by atoms with van der Waals surface area (Å²) < 4.78 is 23.9. The summed E-state index contributed by atoms with van der Waals surface area (Å²) in [4.78, 5) is 6.10. The topological polar surface area (TPSA) is 53.5 Å². The van der Waals surface area contributed by atoms with Crippen LogP contribution >= 0.6 is 0 Å². The van der Waals surface area contributed by atoms with Crippen molar-refractivity contribution in [1.82, 2.24) is 9.29 Å². The Morgan fingerprint density at radius 2 is 2.19 bits per heavy atom. The van der Waals surface area contributed by atoms with Crippen molar-refractivity contribution < 1.29 is 8.42 Å². The molecule has 0 amide bonds. The van der Waals surface area contributed by atoms with Crippen LogP contribution in [0.15, 0.2) is 24.5 Å². The summed E-state index contributed by atoms with van der Waals surface area (Å²) in [5.41, 5.74) is 1.01. The minimum Gasteiger partial charge on any atom is -0.368 e. The largest absolute Gasteiger partial charge is 0.368 e. The van der Waals surface area contributed by atoms with Gasteiger partial charge in [-0.15, -0.1) is 0 Å². The quantitative estimate of drug-likeness (QED) is 0.756. The third kappa shape index (κ3) is 2.17. The van der Waals surface area contributed by atoms with Gasteiger partial charge < -0.3 is 4.90 Å². The Kier molecular flexibility index (Phi) is 2.86. The molecule has 1 aliphatic heterocycles. The first-order valence-electron chi connectivity index (χ1n) is 5.06. The second kappa shape index (κ2) is 4.03. The van der Waals surface area contributed by atoms with Crippen LogP contribution in [0.1, 0.15) is 0 Å². The van der Waals surface area contributed by atoms with Crippen molar-refractivity contribution in [3.8, 4) is 0 Å². The van der Waals surface area contributed by atoms with Crippen LogP contribution in [0.25, 0.3) is 0 Å². The minimum absolute atomic E-state index is 0.249. The van der Waals surface area contributed by atoms with E-state index in [1.165, 1.54) is 10.6 Å². The molecule has 1 aliphatic rings. The summed E-state index contributed by atoms with van der Waals surface area (Å²) in [5, 5.41) is 0. The SMILES string of the molecule is CN(c1cccnc1)C1CN(S(C)(=O)=O)C1. The third-order valence-corrected chi connectivity index (χ3v) is 4.13. The van der Waals surface area contributed by atoms with E-state index in [0.717, 1.165) is 5.69 Å². The summed E-state index contributed by atoms with van der Waals surface area (Å²) in [6, 6.07) is 4.09. The Labute approximate surface area is 95.8 Å². The van der Waals surface area contributed by atoms with Gasteiger partial charge in [-0.1, -0.05) is 0 Å². The fraction of sp³-hybridized carbons (Fsp3) is 0.500. The molecule has 88 valence electrons. The molecule has 0 saturated carbocycles. The summed E-state index contributed by atoms with van der Waals surface area (Å²) in [6.45, 7) is 1.12. The molecule has 6 heteroatoms. The number of likely N-dealkylation sites (N-methyl/N-ethyl adjacent to an activating group) is 1. The smallest absolute Gasteiger partial charge is 0.211 e. The molecule has 16 heavy (non-hydrogen) atoms. The molecular weight excluding hydrogens is 226 g/mol. The molecule has 0 radical (unpaired) electrons. The second-order valence-electron chi connectivity index (χ2n) is 4.06. The first-order valence-corrected chi connectivity index (χ1v) is 6.91. The number of rotatable bonds is 3. The summed E-state index contributed by atoms with van der Waals surface area (Å²) >= 11 is 0. The standard InChI is InChI=1S/C10H15N3O2S/c1-12(9-4-3-5-11-6-9)10-7-13(8-10)16(2,14)15/h3-6,10H,7-8H2,1-2H3. The lowest BCUT2D eigenvalue weighted by Crippen LogP contribution is -2.60. The van der Waals surface area contributed by atoms with Crippen LogP contribution in [0.3, 0.4) is 0 Å². The van der Waals surface area contributed by atoms with E-state index in [1.807, 2.05) is 19.2 Å². The van der Waals surface area contributed by atoms with Crippen LogP contribution < -0.4 is 4.90 Å². The molecule has 2 rings (SSSR count). The Morgan fingerprint density at radius 3 is 2.69 bits per heavy atom. The fourth-order valence-electron chi connectivity index (χ4n) is 1.71. The number of hydrogen-bond donors (Lipinski definition) is 0. The lowest BCUT2D eigenvalue weighted by molar-refractivity contribution is 0.260. The minimum atomic E-state index is -3.02. The van der Waals surface area contributed by atoms with Crippen molar-refractivity contribution >= 4 is 15.7 Å². The summed E-state index contributed by atoms with van der Waals surface area (Å²) in [7, 11) is -1.06. The van der Waals surface area contributed by atoms with E-state index in [2.05, 4.69) is 9.88 Å². The van der Waals surface area contributed by atoms with E-state index in [9.17, 15) is 8.42 Å². The second-order valence-corrected chi connectivity index (χ2v) is 6.04. The molecule has 0 spiro atoms. The molecule has 0 atom stereocenters. The molecule has 0 aromatic carbocycles. The van der Waals surface area contributed by atoms with E-state index in [4.69, 9.17) is 0 Å². The van der Waals surface area contributed by atoms with Crippen molar-refractivity contribution in [3.05, 3.63) is 24.5 Å². The Balaban J connectivity index is 1.98. The van der Waals surface area contributed by atoms with E-state index >= 15 is 0 Å². The predicted molar refractivity (Wildman–Crippen MR) is 62.8 cm³/mol. The van der Waals surface area contributed by atoms with Crippen molar-refractivity contribution in [2.75, 3.05) is 31.3 Å². The van der Waals surface area contributed by atoms with Gasteiger partial charge in [0.15, 0.2) is 0 Å². The van der Waals surface area contributed by atoms with Crippen LogP contribution in [0.2, 0.25) is 0 Å². The molecule has 0 N–H and O–H groups in total. The van der Waals surface area contributed by atoms with E-state index in [0.29, 0.717) is 13.1 Å². The Morgan fingerprint density at radius 1 is 1.50 bits per heavy atom. The van der Waals surface area contributed by atoms with Crippen molar-refractivity contribution in [2.45, 2.75) is 6.04 Å². The van der Waals surface area contributed by atoms with Crippen molar-refractivity contribution in [1.29, 1.82) is 0 Å². The van der Waals surface area contributed by atoms with Gasteiger partial charge in [0.05, 0.1) is 24.2 Å². The average molecular weight is 241 g/mol. The van der Waals surface area contributed by atoms with E-state index < -0.39 is 10.0 Å². The van der Waals surface area contributed by atoms with Gasteiger partial charge >= 0.3 is 0 Å². The van der Waals surface area contributed by atoms with Crippen LogP contribution in [0.4, 0.5) is 5.69 Å². The molecule has 1 fully saturated rings. The van der Waals surface area contributed by atoms with Crippen LogP contribution in [-0.2, 0) is 10.0 Å². The summed E-state index contributed by atoms with van der Waals surface area (Å²) in [6.07, 6.45) is 4.75. The normalized spacial score (nSPS) is 18.1. The Hall–Kier alpha value is -1.14. The number of sulfonamides is 1. The zero-order valence-corrected chi connectivity index (χ0v) is 10.2. The highest BCUT2D eigenvalue weighted by Crippen LogP contribution is 2.21. The van der Waals surface area contributed by atoms with Crippen LogP contribution in [-0.4, -0.2) is 50.1 Å². The maximum absolute atomic E-state index is 11.2. The number of pyridine rings is 1. The number of nitrogens with zero attached hydrogens (tertiary/aromatic N) is 3. The number of anilines is 1. The van der Waals surface area contributed by atoms with Gasteiger partial charge in [-0.05, 0) is 12.1 Å². The zero-order valence-electron chi connectivity index (χ0n) is 9.37. The van der Waals surface area contributed by atoms with Crippen LogP contribution in [0, 0.1) is 0 Å². The fourth-order valence-corrected chi connectivity index (χ4v) is 2.59. The highest BCUT2D eigenvalue weighted by Gasteiger charge is 2.35. The molecule has 0 unspecified atom stereocenters. The molecule has 0 aliphatic carbocycles. The first-order chi connectivity index (χ1) is 7.48. The molecular formula is C10H15N3O2S. The predicted octanol–water partition coefficient (Wildman–Crippen LogP) is 0.162. The maximum atomic E-state index is 11.2. The zero-order chi connectivity index (χ0) is 11.8. The molecule has 1 aromatic heterocycles. The lowest BCUT2D eigenvalue weighted by atomic mass is 10.1. The third-order valence-electron chi connectivity index (χ3n) is 2.90. The average Bonchev–Trinajstić information content (AvgIpc) is 2.14. The highest BCUT2D eigenvalue weighted by molar-refractivity contribution is 7.88. The Bertz CT molecular complexity index is 454. The van der Waals surface area contributed by atoms with Gasteiger partial charge in [0, 0.05) is 26.3 Å². The van der Waals surface area contributed by atoms with Gasteiger partial charge in [-0.2, -0.15) is 4.31 Å². The number of hydrogen-bond acceptors (Lipinski definition) is 4. The van der Waals surface area contributed by atoms with E-state index in [-0.39, 0.29) is 6.04 Å². The van der Waals surface area contributed by atoms with Crippen molar-refractivity contribution in [3.63, 3.8) is 0 Å². The lowest BCUT2D eigenvalue weighted by Gasteiger charge is -2.43. The van der Waals surface area contributed by atoms with Crippen LogP contribution in [0.5, 0.6) is 0 Å². The van der Waals surface area contributed by atoms with E-state index in [1.54, 1.807) is 12.4 Å². The molecule has 5 nitrogen and oxygen atoms in total. The first kappa shape index (κ1) is 11.3. The molecule has 1 saturated heterocycles. The van der Waals surface area contributed by atoms with Crippen molar-refractivity contribution in [2.24, 2.45) is 0 Å². The van der Waals surface area contributed by atoms with Gasteiger partial charge in [0.1, 0.15) is 0 Å².